The van der Waals surface area contributed by atoms with Crippen molar-refractivity contribution in [1.82, 2.24) is 9.80 Å². The molecular formula is C34H57N2O4P. The van der Waals surface area contributed by atoms with E-state index in [1.165, 1.54) is 10.6 Å². The Kier molecular flexibility index (Phi) is 12.0. The van der Waals surface area contributed by atoms with Crippen molar-refractivity contribution < 1.29 is 18.9 Å². The molecule has 0 spiro atoms. The van der Waals surface area contributed by atoms with Crippen molar-refractivity contribution in [2.24, 2.45) is 0 Å². The molecule has 6 nitrogen and oxygen atoms in total. The zero-order valence-electron chi connectivity index (χ0n) is 28.6. The third-order valence-corrected chi connectivity index (χ3v) is 9.87. The molecule has 0 unspecified atom stereocenters. The minimum absolute atomic E-state index is 0.127. The predicted octanol–water partition coefficient (Wildman–Crippen LogP) is 6.41. The summed E-state index contributed by atoms with van der Waals surface area (Å²) in [5.74, 6) is 3.60. The molecule has 0 bridgehead atoms. The molecule has 0 fully saturated rings. The van der Waals surface area contributed by atoms with Crippen molar-refractivity contribution in [3.8, 4) is 23.0 Å². The van der Waals surface area contributed by atoms with Gasteiger partial charge in [-0.25, -0.2) is 0 Å². The van der Waals surface area contributed by atoms with Crippen LogP contribution in [0.5, 0.6) is 23.0 Å². The van der Waals surface area contributed by atoms with Gasteiger partial charge in [-0.15, -0.1) is 0 Å². The maximum absolute atomic E-state index is 6.75. The van der Waals surface area contributed by atoms with Crippen LogP contribution in [0.25, 0.3) is 0 Å². The van der Waals surface area contributed by atoms with Gasteiger partial charge in [0.1, 0.15) is 36.2 Å². The first-order valence-corrected chi connectivity index (χ1v) is 16.0. The van der Waals surface area contributed by atoms with Crippen molar-refractivity contribution >= 4 is 18.5 Å². The van der Waals surface area contributed by atoms with Gasteiger partial charge in [-0.1, -0.05) is 62.3 Å². The Balaban J connectivity index is 3.04. The van der Waals surface area contributed by atoms with Crippen molar-refractivity contribution in [2.75, 3.05) is 68.7 Å². The Labute approximate surface area is 252 Å². The largest absolute Gasteiger partial charge is 0.497 e. The number of hydrogen-bond donors (Lipinski definition) is 0. The van der Waals surface area contributed by atoms with E-state index in [1.54, 1.807) is 14.2 Å². The topological polar surface area (TPSA) is 43.4 Å². The summed E-state index contributed by atoms with van der Waals surface area (Å²) in [5, 5.41) is 2.21. The number of hydrogen-bond acceptors (Lipinski definition) is 6. The second kappa shape index (κ2) is 14.0. The second-order valence-corrected chi connectivity index (χ2v) is 17.3. The minimum Gasteiger partial charge on any atom is -0.497 e. The van der Waals surface area contributed by atoms with Gasteiger partial charge in [-0.05, 0) is 76.4 Å². The summed E-state index contributed by atoms with van der Waals surface area (Å²) in [6, 6.07) is 8.67. The van der Waals surface area contributed by atoms with Gasteiger partial charge in [-0.2, -0.15) is 0 Å². The van der Waals surface area contributed by atoms with Gasteiger partial charge in [0.2, 0.25) is 0 Å². The lowest BCUT2D eigenvalue weighted by Crippen LogP contribution is -2.33. The van der Waals surface area contributed by atoms with Gasteiger partial charge in [0.25, 0.3) is 0 Å². The molecule has 0 aromatic heterocycles. The molecule has 7 heteroatoms. The number of methoxy groups -OCH3 is 2. The first kappa shape index (κ1) is 35.2. The first-order chi connectivity index (χ1) is 18.8. The average molecular weight is 589 g/mol. The molecule has 0 atom stereocenters. The first-order valence-electron chi connectivity index (χ1n) is 14.6. The molecule has 0 amide bonds. The molecule has 0 heterocycles. The molecule has 0 aliphatic carbocycles. The Hall–Kier alpha value is -2.01. The normalized spacial score (nSPS) is 12.8. The van der Waals surface area contributed by atoms with Crippen LogP contribution < -0.4 is 29.6 Å². The zero-order valence-corrected chi connectivity index (χ0v) is 29.5. The van der Waals surface area contributed by atoms with Crippen LogP contribution in [-0.2, 0) is 10.8 Å². The number of ether oxygens (including phenoxy) is 4. The maximum Gasteiger partial charge on any atom is 0.131 e. The molecule has 2 aromatic carbocycles. The summed E-state index contributed by atoms with van der Waals surface area (Å²) in [7, 11) is 10.8. The van der Waals surface area contributed by atoms with E-state index in [0.717, 1.165) is 47.2 Å². The van der Waals surface area contributed by atoms with Gasteiger partial charge in [-0.3, -0.25) is 0 Å². The van der Waals surface area contributed by atoms with E-state index >= 15 is 0 Å². The maximum atomic E-state index is 6.75. The summed E-state index contributed by atoms with van der Waals surface area (Å²) in [6.45, 7) is 23.2. The standard InChI is InChI=1S/C34H57N2O4P/c1-32(2,3)26-20-24(37-14)22-28(30(26)39-18-16-35(10)11)41(34(7,8)9)29-23-25(38-15)21-27(33(4,5)6)31(29)40-19-17-36(12)13/h20-23H,16-19H2,1-15H3. The molecule has 2 rings (SSSR count). The van der Waals surface area contributed by atoms with Gasteiger partial charge in [0.05, 0.1) is 14.2 Å². The van der Waals surface area contributed by atoms with Crippen LogP contribution in [0, 0.1) is 0 Å². The van der Waals surface area contributed by atoms with Crippen LogP contribution >= 0.6 is 7.92 Å². The molecule has 0 saturated heterocycles. The summed E-state index contributed by atoms with van der Waals surface area (Å²) < 4.78 is 25.3. The van der Waals surface area contributed by atoms with E-state index < -0.39 is 7.92 Å². The highest BCUT2D eigenvalue weighted by molar-refractivity contribution is 7.74. The highest BCUT2D eigenvalue weighted by atomic mass is 31.1. The van der Waals surface area contributed by atoms with Gasteiger partial charge >= 0.3 is 0 Å². The van der Waals surface area contributed by atoms with Crippen LogP contribution in [0.1, 0.15) is 73.4 Å². The van der Waals surface area contributed by atoms with Gasteiger partial charge in [0.15, 0.2) is 0 Å². The Morgan fingerprint density at radius 1 is 0.585 bits per heavy atom. The molecule has 41 heavy (non-hydrogen) atoms. The third kappa shape index (κ3) is 9.49. The molecule has 0 radical (unpaired) electrons. The van der Waals surface area contributed by atoms with Crippen LogP contribution in [0.15, 0.2) is 24.3 Å². The van der Waals surface area contributed by atoms with Crippen molar-refractivity contribution in [2.45, 2.75) is 78.3 Å². The summed E-state index contributed by atoms with van der Waals surface area (Å²) in [6.07, 6.45) is 0. The number of benzene rings is 2. The number of rotatable bonds is 12. The SMILES string of the molecule is COc1cc(P(c2cc(OC)cc(C(C)(C)C)c2OCCN(C)C)C(C)(C)C)c(OCCN(C)C)c(C(C)(C)C)c1. The van der Waals surface area contributed by atoms with Gasteiger partial charge in [0, 0.05) is 34.8 Å². The quantitative estimate of drug-likeness (QED) is 0.267. The molecule has 0 saturated carbocycles. The van der Waals surface area contributed by atoms with E-state index in [2.05, 4.69) is 125 Å². The van der Waals surface area contributed by atoms with E-state index in [9.17, 15) is 0 Å². The van der Waals surface area contributed by atoms with Gasteiger partial charge < -0.3 is 28.7 Å². The van der Waals surface area contributed by atoms with Crippen LogP contribution in [0.2, 0.25) is 0 Å². The van der Waals surface area contributed by atoms with Crippen molar-refractivity contribution in [3.05, 3.63) is 35.4 Å². The lowest BCUT2D eigenvalue weighted by Gasteiger charge is -2.38. The van der Waals surface area contributed by atoms with Crippen LogP contribution in [0.4, 0.5) is 0 Å². The van der Waals surface area contributed by atoms with Crippen molar-refractivity contribution in [1.29, 1.82) is 0 Å². The predicted molar refractivity (Wildman–Crippen MR) is 177 cm³/mol. The Bertz CT molecular complexity index is 1060. The van der Waals surface area contributed by atoms with Crippen LogP contribution in [0.3, 0.4) is 0 Å². The van der Waals surface area contributed by atoms with E-state index in [4.69, 9.17) is 18.9 Å². The molecular weight excluding hydrogens is 531 g/mol. The fourth-order valence-corrected chi connectivity index (χ4v) is 7.67. The molecule has 2 aromatic rings. The number of nitrogens with zero attached hydrogens (tertiary/aromatic N) is 2. The van der Waals surface area contributed by atoms with E-state index in [0.29, 0.717) is 13.2 Å². The monoisotopic (exact) mass is 588 g/mol. The minimum atomic E-state index is -1.01. The zero-order chi connectivity index (χ0) is 31.3. The lowest BCUT2D eigenvalue weighted by molar-refractivity contribution is 0.257. The van der Waals surface area contributed by atoms with Crippen LogP contribution in [-0.4, -0.2) is 83.7 Å². The van der Waals surface area contributed by atoms with Crippen molar-refractivity contribution in [3.63, 3.8) is 0 Å². The third-order valence-electron chi connectivity index (χ3n) is 6.90. The number of likely N-dealkylation sites (N-methyl/N-ethyl adjacent to an activating group) is 2. The summed E-state index contributed by atoms with van der Waals surface area (Å²) >= 11 is 0. The van der Waals surface area contributed by atoms with E-state index in [1.807, 2.05) is 0 Å². The molecule has 0 aliphatic heterocycles. The Morgan fingerprint density at radius 3 is 1.17 bits per heavy atom. The lowest BCUT2D eigenvalue weighted by atomic mass is 9.86. The fraction of sp³-hybridized carbons (Fsp3) is 0.647. The smallest absolute Gasteiger partial charge is 0.131 e. The molecule has 0 aliphatic rings. The molecule has 232 valence electrons. The Morgan fingerprint density at radius 2 is 0.927 bits per heavy atom. The highest BCUT2D eigenvalue weighted by Gasteiger charge is 2.37. The highest BCUT2D eigenvalue weighted by Crippen LogP contribution is 2.55. The van der Waals surface area contributed by atoms with E-state index in [-0.39, 0.29) is 16.0 Å². The summed E-state index contributed by atoms with van der Waals surface area (Å²) in [5.41, 5.74) is 2.00. The summed E-state index contributed by atoms with van der Waals surface area (Å²) in [4.78, 5) is 4.31. The average Bonchev–Trinajstić information content (AvgIpc) is 2.82. The second-order valence-electron chi connectivity index (χ2n) is 14.4. The molecule has 0 N–H and O–H groups in total. The fourth-order valence-electron chi connectivity index (χ4n) is 4.67.